The van der Waals surface area contributed by atoms with Gasteiger partial charge in [-0.1, -0.05) is 0 Å². The van der Waals surface area contributed by atoms with Crippen molar-refractivity contribution < 1.29 is 14.3 Å². The van der Waals surface area contributed by atoms with Crippen molar-refractivity contribution in [2.24, 2.45) is 0 Å². The van der Waals surface area contributed by atoms with Crippen molar-refractivity contribution in [1.29, 1.82) is 0 Å². The molecular formula is C13H18N2O3. The van der Waals surface area contributed by atoms with Gasteiger partial charge in [0, 0.05) is 25.7 Å². The van der Waals surface area contributed by atoms with Gasteiger partial charge in [0.1, 0.15) is 5.75 Å². The van der Waals surface area contributed by atoms with E-state index in [2.05, 4.69) is 5.32 Å². The molecule has 0 atom stereocenters. The molecule has 0 unspecified atom stereocenters. The lowest BCUT2D eigenvalue weighted by molar-refractivity contribution is 0.0302. The summed E-state index contributed by atoms with van der Waals surface area (Å²) in [5.74, 6) is 0.705. The van der Waals surface area contributed by atoms with Crippen LogP contribution in [0.3, 0.4) is 0 Å². The van der Waals surface area contributed by atoms with Gasteiger partial charge in [-0.3, -0.25) is 4.79 Å². The van der Waals surface area contributed by atoms with Crippen LogP contribution in [0.5, 0.6) is 5.75 Å². The lowest BCUT2D eigenvalue weighted by atomic mass is 10.1. The van der Waals surface area contributed by atoms with Crippen molar-refractivity contribution >= 4 is 11.6 Å². The number of carbonyl (C=O) groups excluding carboxylic acids is 1. The number of hydrogen-bond acceptors (Lipinski definition) is 4. The molecule has 1 aliphatic heterocycles. The molecule has 1 aromatic carbocycles. The van der Waals surface area contributed by atoms with Crippen LogP contribution in [0.1, 0.15) is 10.4 Å². The third kappa shape index (κ3) is 2.56. The molecule has 0 bridgehead atoms. The molecule has 0 radical (unpaired) electrons. The van der Waals surface area contributed by atoms with Crippen molar-refractivity contribution in [3.05, 3.63) is 23.8 Å². The van der Waals surface area contributed by atoms with Gasteiger partial charge in [-0.05, 0) is 18.2 Å². The SMILES string of the molecule is CNc1ccc(C(=O)N2CCOCC2)cc1OC. The molecular weight excluding hydrogens is 232 g/mol. The summed E-state index contributed by atoms with van der Waals surface area (Å²) in [7, 11) is 3.42. The third-order valence-electron chi connectivity index (χ3n) is 3.02. The second-order valence-corrected chi connectivity index (χ2v) is 4.07. The van der Waals surface area contributed by atoms with Crippen LogP contribution < -0.4 is 10.1 Å². The number of nitrogens with one attached hydrogen (secondary N) is 1. The number of carbonyl (C=O) groups is 1. The Kier molecular flexibility index (Phi) is 4.04. The Bertz CT molecular complexity index is 428. The second kappa shape index (κ2) is 5.73. The average Bonchev–Trinajstić information content (AvgIpc) is 2.46. The molecule has 2 rings (SSSR count). The highest BCUT2D eigenvalue weighted by atomic mass is 16.5. The lowest BCUT2D eigenvalue weighted by Gasteiger charge is -2.27. The normalized spacial score (nSPS) is 15.3. The number of benzene rings is 1. The van der Waals surface area contributed by atoms with Crippen molar-refractivity contribution in [3.63, 3.8) is 0 Å². The summed E-state index contributed by atoms with van der Waals surface area (Å²) < 4.78 is 10.5. The molecule has 1 N–H and O–H groups in total. The highest BCUT2D eigenvalue weighted by Crippen LogP contribution is 2.25. The first-order valence-electron chi connectivity index (χ1n) is 5.99. The van der Waals surface area contributed by atoms with Crippen molar-refractivity contribution in [2.45, 2.75) is 0 Å². The average molecular weight is 250 g/mol. The largest absolute Gasteiger partial charge is 0.495 e. The number of rotatable bonds is 3. The molecule has 1 amide bonds. The Balaban J connectivity index is 2.19. The molecule has 98 valence electrons. The molecule has 1 aromatic rings. The minimum absolute atomic E-state index is 0.0271. The molecule has 0 aliphatic carbocycles. The van der Waals surface area contributed by atoms with Gasteiger partial charge in [-0.15, -0.1) is 0 Å². The van der Waals surface area contributed by atoms with Gasteiger partial charge in [0.15, 0.2) is 0 Å². The van der Waals surface area contributed by atoms with E-state index in [1.165, 1.54) is 0 Å². The van der Waals surface area contributed by atoms with E-state index in [1.807, 2.05) is 19.2 Å². The van der Waals surface area contributed by atoms with Gasteiger partial charge in [0.2, 0.25) is 0 Å². The number of nitrogens with zero attached hydrogens (tertiary/aromatic N) is 1. The highest BCUT2D eigenvalue weighted by Gasteiger charge is 2.19. The van der Waals surface area contributed by atoms with Crippen molar-refractivity contribution in [1.82, 2.24) is 4.90 Å². The molecule has 0 saturated carbocycles. The van der Waals surface area contributed by atoms with Gasteiger partial charge in [0.25, 0.3) is 5.91 Å². The molecule has 1 saturated heterocycles. The summed E-state index contributed by atoms with van der Waals surface area (Å²) in [6.45, 7) is 2.51. The number of hydrogen-bond donors (Lipinski definition) is 1. The Hall–Kier alpha value is -1.75. The molecule has 1 fully saturated rings. The maximum absolute atomic E-state index is 12.3. The zero-order chi connectivity index (χ0) is 13.0. The number of amides is 1. The predicted octanol–water partition coefficient (Wildman–Crippen LogP) is 1.21. The van der Waals surface area contributed by atoms with Crippen LogP contribution in [0, 0.1) is 0 Å². The summed E-state index contributed by atoms with van der Waals surface area (Å²) in [6.07, 6.45) is 0. The van der Waals surface area contributed by atoms with E-state index in [9.17, 15) is 4.79 Å². The summed E-state index contributed by atoms with van der Waals surface area (Å²) in [5, 5.41) is 3.02. The van der Waals surface area contributed by atoms with Crippen molar-refractivity contribution in [2.75, 3.05) is 45.8 Å². The fraction of sp³-hybridized carbons (Fsp3) is 0.462. The molecule has 0 spiro atoms. The maximum atomic E-state index is 12.3. The first-order chi connectivity index (χ1) is 8.76. The minimum atomic E-state index is 0.0271. The minimum Gasteiger partial charge on any atom is -0.495 e. The van der Waals surface area contributed by atoms with Gasteiger partial charge in [-0.25, -0.2) is 0 Å². The fourth-order valence-electron chi connectivity index (χ4n) is 1.98. The monoisotopic (exact) mass is 250 g/mol. The van der Waals surface area contributed by atoms with E-state index in [4.69, 9.17) is 9.47 Å². The predicted molar refractivity (Wildman–Crippen MR) is 69.3 cm³/mol. The van der Waals surface area contributed by atoms with Gasteiger partial charge < -0.3 is 19.7 Å². The van der Waals surface area contributed by atoms with Crippen LogP contribution in [0.4, 0.5) is 5.69 Å². The first kappa shape index (κ1) is 12.7. The van der Waals surface area contributed by atoms with E-state index in [1.54, 1.807) is 18.1 Å². The number of morpholine rings is 1. The van der Waals surface area contributed by atoms with Crippen LogP contribution >= 0.6 is 0 Å². The maximum Gasteiger partial charge on any atom is 0.254 e. The second-order valence-electron chi connectivity index (χ2n) is 4.07. The van der Waals surface area contributed by atoms with Gasteiger partial charge in [0.05, 0.1) is 26.0 Å². The fourth-order valence-corrected chi connectivity index (χ4v) is 1.98. The van der Waals surface area contributed by atoms with E-state index in [0.29, 0.717) is 37.6 Å². The lowest BCUT2D eigenvalue weighted by Crippen LogP contribution is -2.40. The number of ether oxygens (including phenoxy) is 2. The van der Waals surface area contributed by atoms with Crippen LogP contribution in [0.2, 0.25) is 0 Å². The Morgan fingerprint density at radius 1 is 1.39 bits per heavy atom. The van der Waals surface area contributed by atoms with Gasteiger partial charge >= 0.3 is 0 Å². The topological polar surface area (TPSA) is 50.8 Å². The molecule has 5 nitrogen and oxygen atoms in total. The zero-order valence-corrected chi connectivity index (χ0v) is 10.7. The van der Waals surface area contributed by atoms with Crippen molar-refractivity contribution in [3.8, 4) is 5.75 Å². The molecule has 18 heavy (non-hydrogen) atoms. The Labute approximate surface area is 107 Å². The van der Waals surface area contributed by atoms with Crippen LogP contribution in [0.25, 0.3) is 0 Å². The number of anilines is 1. The molecule has 1 aliphatic rings. The summed E-state index contributed by atoms with van der Waals surface area (Å²) in [4.78, 5) is 14.1. The first-order valence-corrected chi connectivity index (χ1v) is 5.99. The quantitative estimate of drug-likeness (QED) is 0.876. The van der Waals surface area contributed by atoms with E-state index in [0.717, 1.165) is 5.69 Å². The molecule has 0 aromatic heterocycles. The smallest absolute Gasteiger partial charge is 0.254 e. The van der Waals surface area contributed by atoms with Crippen LogP contribution in [-0.4, -0.2) is 51.3 Å². The zero-order valence-electron chi connectivity index (χ0n) is 10.7. The Morgan fingerprint density at radius 3 is 2.72 bits per heavy atom. The Morgan fingerprint density at radius 2 is 2.11 bits per heavy atom. The third-order valence-corrected chi connectivity index (χ3v) is 3.02. The van der Waals surface area contributed by atoms with E-state index >= 15 is 0 Å². The highest BCUT2D eigenvalue weighted by molar-refractivity contribution is 5.95. The summed E-state index contributed by atoms with van der Waals surface area (Å²) in [5.41, 5.74) is 1.52. The number of methoxy groups -OCH3 is 1. The summed E-state index contributed by atoms with van der Waals surface area (Å²) in [6, 6.07) is 5.43. The standard InChI is InChI=1S/C13H18N2O3/c1-14-11-4-3-10(9-12(11)17-2)13(16)15-5-7-18-8-6-15/h3-4,9,14H,5-8H2,1-2H3. The van der Waals surface area contributed by atoms with E-state index in [-0.39, 0.29) is 5.91 Å². The van der Waals surface area contributed by atoms with Crippen LogP contribution in [-0.2, 0) is 4.74 Å². The summed E-state index contributed by atoms with van der Waals surface area (Å²) >= 11 is 0. The van der Waals surface area contributed by atoms with Gasteiger partial charge in [-0.2, -0.15) is 0 Å². The van der Waals surface area contributed by atoms with E-state index < -0.39 is 0 Å². The molecule has 5 heteroatoms. The molecule has 1 heterocycles. The van der Waals surface area contributed by atoms with Crippen LogP contribution in [0.15, 0.2) is 18.2 Å².